The van der Waals surface area contributed by atoms with Crippen molar-refractivity contribution in [2.75, 3.05) is 26.2 Å². The number of hydrogen-bond acceptors (Lipinski definition) is 2. The minimum Gasteiger partial charge on any atom is -0.334 e. The van der Waals surface area contributed by atoms with Crippen molar-refractivity contribution >= 4 is 12.1 Å². The highest BCUT2D eigenvalue weighted by Crippen LogP contribution is 2.23. The van der Waals surface area contributed by atoms with Gasteiger partial charge >= 0.3 is 12.1 Å². The largest absolute Gasteiger partial charge is 0.334 e. The van der Waals surface area contributed by atoms with Gasteiger partial charge in [-0.1, -0.05) is 42.0 Å². The number of likely N-dealkylation sites (tertiary alicyclic amines) is 1. The Hall–Kier alpha value is -3.09. The predicted octanol–water partition coefficient (Wildman–Crippen LogP) is 3.75. The molecular formula is C24H29FN4O2. The molecule has 0 unspecified atom stereocenters. The monoisotopic (exact) mass is 424 g/mol. The van der Waals surface area contributed by atoms with Crippen LogP contribution in [0.1, 0.15) is 29.5 Å². The van der Waals surface area contributed by atoms with Crippen LogP contribution in [-0.4, -0.2) is 59.0 Å². The van der Waals surface area contributed by atoms with Gasteiger partial charge in [-0.05, 0) is 43.0 Å². The maximum absolute atomic E-state index is 13.0. The Morgan fingerprint density at radius 1 is 0.968 bits per heavy atom. The first-order chi connectivity index (χ1) is 15.0. The van der Waals surface area contributed by atoms with Crippen LogP contribution in [0.2, 0.25) is 0 Å². The van der Waals surface area contributed by atoms with Gasteiger partial charge in [-0.15, -0.1) is 0 Å². The van der Waals surface area contributed by atoms with Crippen molar-refractivity contribution in [3.05, 3.63) is 71.0 Å². The molecule has 0 aromatic heterocycles. The summed E-state index contributed by atoms with van der Waals surface area (Å²) < 4.78 is 13.0. The first-order valence-corrected chi connectivity index (χ1v) is 10.9. The van der Waals surface area contributed by atoms with Crippen molar-refractivity contribution in [1.29, 1.82) is 0 Å². The number of rotatable bonds is 5. The number of nitrogens with one attached hydrogen (secondary N) is 1. The van der Waals surface area contributed by atoms with E-state index in [9.17, 15) is 14.0 Å². The van der Waals surface area contributed by atoms with E-state index >= 15 is 0 Å². The van der Waals surface area contributed by atoms with Crippen LogP contribution in [0.15, 0.2) is 48.5 Å². The van der Waals surface area contributed by atoms with Crippen LogP contribution in [-0.2, 0) is 13.1 Å². The van der Waals surface area contributed by atoms with Gasteiger partial charge in [0.2, 0.25) is 0 Å². The highest BCUT2D eigenvalue weighted by molar-refractivity contribution is 5.77. The molecular weight excluding hydrogens is 395 g/mol. The van der Waals surface area contributed by atoms with Gasteiger partial charge in [-0.3, -0.25) is 0 Å². The molecule has 0 radical (unpaired) electrons. The first-order valence-electron chi connectivity index (χ1n) is 10.9. The second-order valence-electron chi connectivity index (χ2n) is 8.39. The Balaban J connectivity index is 1.23. The van der Waals surface area contributed by atoms with Crippen LogP contribution in [0.25, 0.3) is 0 Å². The Morgan fingerprint density at radius 2 is 1.61 bits per heavy atom. The van der Waals surface area contributed by atoms with Gasteiger partial charge in [-0.2, -0.15) is 0 Å². The molecule has 2 aromatic rings. The van der Waals surface area contributed by atoms with Crippen molar-refractivity contribution in [3.63, 3.8) is 0 Å². The van der Waals surface area contributed by atoms with E-state index in [1.54, 1.807) is 17.0 Å². The van der Waals surface area contributed by atoms with Crippen LogP contribution >= 0.6 is 0 Å². The summed E-state index contributed by atoms with van der Waals surface area (Å²) in [6.45, 7) is 5.81. The number of benzene rings is 2. The van der Waals surface area contributed by atoms with Gasteiger partial charge in [0.25, 0.3) is 0 Å². The Bertz CT molecular complexity index is 908. The number of hydrogen-bond donors (Lipinski definition) is 1. The summed E-state index contributed by atoms with van der Waals surface area (Å²) in [5.74, 6) is -0.286. The SMILES string of the molecule is Cc1ccc(CN2CCN(C3CCN(C(=O)NCc4ccc(F)cc4)CC3)C2=O)cc1. The van der Waals surface area contributed by atoms with Crippen LogP contribution in [0.5, 0.6) is 0 Å². The smallest absolute Gasteiger partial charge is 0.320 e. The molecule has 4 amide bonds. The average molecular weight is 425 g/mol. The Kier molecular flexibility index (Phi) is 6.39. The molecule has 0 atom stereocenters. The normalized spacial score (nSPS) is 17.4. The Labute approximate surface area is 182 Å². The molecule has 4 rings (SSSR count). The lowest BCUT2D eigenvalue weighted by Gasteiger charge is -2.36. The van der Waals surface area contributed by atoms with Gasteiger partial charge in [-0.25, -0.2) is 14.0 Å². The van der Waals surface area contributed by atoms with E-state index in [-0.39, 0.29) is 23.9 Å². The van der Waals surface area contributed by atoms with Crippen LogP contribution in [0, 0.1) is 12.7 Å². The number of piperidine rings is 1. The minimum absolute atomic E-state index is 0.0970. The van der Waals surface area contributed by atoms with Gasteiger partial charge in [0, 0.05) is 45.3 Å². The highest BCUT2D eigenvalue weighted by Gasteiger charge is 2.35. The second kappa shape index (κ2) is 9.37. The van der Waals surface area contributed by atoms with E-state index in [0.29, 0.717) is 26.2 Å². The van der Waals surface area contributed by atoms with Crippen molar-refractivity contribution in [2.45, 2.75) is 38.9 Å². The van der Waals surface area contributed by atoms with Gasteiger partial charge in [0.15, 0.2) is 0 Å². The minimum atomic E-state index is -0.286. The molecule has 2 aromatic carbocycles. The summed E-state index contributed by atoms with van der Waals surface area (Å²) in [7, 11) is 0. The number of amides is 4. The molecule has 2 aliphatic rings. The third-order valence-electron chi connectivity index (χ3n) is 6.17. The van der Waals surface area contributed by atoms with Crippen molar-refractivity contribution in [2.24, 2.45) is 0 Å². The lowest BCUT2D eigenvalue weighted by atomic mass is 10.0. The zero-order valence-corrected chi connectivity index (χ0v) is 17.9. The highest BCUT2D eigenvalue weighted by atomic mass is 19.1. The van der Waals surface area contributed by atoms with Crippen molar-refractivity contribution in [1.82, 2.24) is 20.0 Å². The number of carbonyl (C=O) groups excluding carboxylic acids is 2. The molecule has 0 saturated carbocycles. The quantitative estimate of drug-likeness (QED) is 0.795. The molecule has 0 aliphatic carbocycles. The first kappa shape index (κ1) is 21.2. The third-order valence-corrected chi connectivity index (χ3v) is 6.17. The molecule has 0 bridgehead atoms. The summed E-state index contributed by atoms with van der Waals surface area (Å²) in [6, 6.07) is 14.6. The second-order valence-corrected chi connectivity index (χ2v) is 8.39. The predicted molar refractivity (Wildman–Crippen MR) is 117 cm³/mol. The van der Waals surface area contributed by atoms with E-state index in [0.717, 1.165) is 37.1 Å². The van der Waals surface area contributed by atoms with Gasteiger partial charge in [0.05, 0.1) is 0 Å². The van der Waals surface area contributed by atoms with E-state index in [1.807, 2.05) is 9.80 Å². The molecule has 2 heterocycles. The molecule has 0 spiro atoms. The average Bonchev–Trinajstić information content (AvgIpc) is 3.15. The molecule has 2 fully saturated rings. The molecule has 2 saturated heterocycles. The van der Waals surface area contributed by atoms with Crippen molar-refractivity contribution < 1.29 is 14.0 Å². The number of urea groups is 2. The number of nitrogens with zero attached hydrogens (tertiary/aromatic N) is 3. The summed E-state index contributed by atoms with van der Waals surface area (Å²) in [5.41, 5.74) is 3.22. The summed E-state index contributed by atoms with van der Waals surface area (Å²) >= 11 is 0. The van der Waals surface area contributed by atoms with Crippen LogP contribution in [0.3, 0.4) is 0 Å². The summed E-state index contributed by atoms with van der Waals surface area (Å²) in [4.78, 5) is 31.0. The number of aryl methyl sites for hydroxylation is 1. The lowest BCUT2D eigenvalue weighted by molar-refractivity contribution is 0.134. The van der Waals surface area contributed by atoms with E-state index in [4.69, 9.17) is 0 Å². The maximum Gasteiger partial charge on any atom is 0.320 e. The zero-order chi connectivity index (χ0) is 21.8. The lowest BCUT2D eigenvalue weighted by Crippen LogP contribution is -2.50. The van der Waals surface area contributed by atoms with Gasteiger partial charge in [0.1, 0.15) is 5.82 Å². The fourth-order valence-corrected chi connectivity index (χ4v) is 4.27. The number of carbonyl (C=O) groups is 2. The fourth-order valence-electron chi connectivity index (χ4n) is 4.27. The van der Waals surface area contributed by atoms with E-state index in [1.165, 1.54) is 17.7 Å². The molecule has 164 valence electrons. The summed E-state index contributed by atoms with van der Waals surface area (Å²) in [6.07, 6.45) is 1.57. The Morgan fingerprint density at radius 3 is 2.29 bits per heavy atom. The molecule has 1 N–H and O–H groups in total. The molecule has 7 heteroatoms. The maximum atomic E-state index is 13.0. The van der Waals surface area contributed by atoms with Gasteiger partial charge < -0.3 is 20.0 Å². The topological polar surface area (TPSA) is 55.9 Å². The van der Waals surface area contributed by atoms with E-state index in [2.05, 4.69) is 36.5 Å². The van der Waals surface area contributed by atoms with Crippen LogP contribution in [0.4, 0.5) is 14.0 Å². The summed E-state index contributed by atoms with van der Waals surface area (Å²) in [5, 5.41) is 2.90. The standard InChI is InChI=1S/C24H29FN4O2/c1-18-2-4-20(5-3-18)17-28-14-15-29(24(28)31)22-10-12-27(13-11-22)23(30)26-16-19-6-8-21(25)9-7-19/h2-9,22H,10-17H2,1H3,(H,26,30). The zero-order valence-electron chi connectivity index (χ0n) is 17.9. The van der Waals surface area contributed by atoms with Crippen molar-refractivity contribution in [3.8, 4) is 0 Å². The molecule has 6 nitrogen and oxygen atoms in total. The fraction of sp³-hybridized carbons (Fsp3) is 0.417. The molecule has 2 aliphatic heterocycles. The van der Waals surface area contributed by atoms with E-state index < -0.39 is 0 Å². The molecule has 31 heavy (non-hydrogen) atoms. The third kappa shape index (κ3) is 5.16. The van der Waals surface area contributed by atoms with Crippen LogP contribution < -0.4 is 5.32 Å². The number of halogens is 1.